The molecule has 0 spiro atoms. The first-order valence-electron chi connectivity index (χ1n) is 6.77. The van der Waals surface area contributed by atoms with Crippen LogP contribution in [0.25, 0.3) is 11.6 Å². The fourth-order valence-electron chi connectivity index (χ4n) is 2.26. The molecule has 3 heterocycles. The van der Waals surface area contributed by atoms with Crippen LogP contribution in [0.3, 0.4) is 0 Å². The molecule has 3 rings (SSSR count). The molecule has 0 bridgehead atoms. The summed E-state index contributed by atoms with van der Waals surface area (Å²) in [5, 5.41) is 16.8. The maximum absolute atomic E-state index is 9.13. The second kappa shape index (κ2) is 6.17. The number of ether oxygens (including phenoxy) is 1. The molecule has 0 saturated carbocycles. The van der Waals surface area contributed by atoms with Crippen molar-refractivity contribution in [1.82, 2.24) is 20.1 Å². The number of hydrogen-bond acceptors (Lipinski definition) is 6. The van der Waals surface area contributed by atoms with Crippen molar-refractivity contribution in [2.75, 3.05) is 26.3 Å². The normalized spacial score (nSPS) is 19.4. The van der Waals surface area contributed by atoms with E-state index in [1.807, 2.05) is 6.07 Å². The monoisotopic (exact) mass is 278 g/mol. The zero-order valence-electron chi connectivity index (χ0n) is 11.2. The molecule has 0 radical (unpaired) electrons. The standard InChI is InChI=1S/C13H18N4O3/c18-5-4-17-12(8-10-9-14-3-7-19-10)15-13(16-17)11-2-1-6-20-11/h1-2,6,10,14,18H,3-5,7-9H2/t10-/m0/s1. The predicted octanol–water partition coefficient (Wildman–Crippen LogP) is 0.0613. The van der Waals surface area contributed by atoms with Gasteiger partial charge in [0, 0.05) is 19.5 Å². The molecule has 0 aliphatic carbocycles. The Hall–Kier alpha value is -1.70. The Morgan fingerprint density at radius 2 is 2.45 bits per heavy atom. The zero-order valence-corrected chi connectivity index (χ0v) is 11.2. The molecule has 2 aromatic rings. The molecule has 1 atom stereocenters. The lowest BCUT2D eigenvalue weighted by Gasteiger charge is -2.23. The zero-order chi connectivity index (χ0) is 13.8. The van der Waals surface area contributed by atoms with E-state index < -0.39 is 0 Å². The fourth-order valence-corrected chi connectivity index (χ4v) is 2.26. The Morgan fingerprint density at radius 3 is 3.15 bits per heavy atom. The number of morpholine rings is 1. The van der Waals surface area contributed by atoms with Crippen LogP contribution < -0.4 is 5.32 Å². The van der Waals surface area contributed by atoms with Crippen LogP contribution in [0.1, 0.15) is 5.82 Å². The van der Waals surface area contributed by atoms with Crippen molar-refractivity contribution < 1.29 is 14.3 Å². The van der Waals surface area contributed by atoms with Gasteiger partial charge in [-0.15, -0.1) is 5.10 Å². The number of aliphatic hydroxyl groups excluding tert-OH is 1. The first-order chi connectivity index (χ1) is 9.86. The summed E-state index contributed by atoms with van der Waals surface area (Å²) in [5.74, 6) is 1.98. The van der Waals surface area contributed by atoms with Gasteiger partial charge >= 0.3 is 0 Å². The summed E-state index contributed by atoms with van der Waals surface area (Å²) in [4.78, 5) is 4.50. The molecule has 0 unspecified atom stereocenters. The Labute approximate surface area is 116 Å². The number of nitrogens with one attached hydrogen (secondary N) is 1. The van der Waals surface area contributed by atoms with Crippen LogP contribution >= 0.6 is 0 Å². The lowest BCUT2D eigenvalue weighted by atomic mass is 10.2. The molecule has 7 heteroatoms. The summed E-state index contributed by atoms with van der Waals surface area (Å²) in [6.45, 7) is 2.85. The molecule has 0 aromatic carbocycles. The summed E-state index contributed by atoms with van der Waals surface area (Å²) in [6, 6.07) is 3.62. The molecule has 2 aromatic heterocycles. The molecule has 108 valence electrons. The van der Waals surface area contributed by atoms with Gasteiger partial charge in [0.05, 0.1) is 32.1 Å². The van der Waals surface area contributed by atoms with Gasteiger partial charge in [0.15, 0.2) is 5.76 Å². The number of aromatic nitrogens is 3. The average Bonchev–Trinajstić information content (AvgIpc) is 3.11. The summed E-state index contributed by atoms with van der Waals surface area (Å²) in [6.07, 6.45) is 2.35. The average molecular weight is 278 g/mol. The Bertz CT molecular complexity index is 532. The van der Waals surface area contributed by atoms with Gasteiger partial charge in [0.2, 0.25) is 5.82 Å². The van der Waals surface area contributed by atoms with Crippen LogP contribution in [-0.2, 0) is 17.7 Å². The number of furan rings is 1. The van der Waals surface area contributed by atoms with Gasteiger partial charge in [0.25, 0.3) is 0 Å². The number of rotatable bonds is 5. The third-order valence-corrected chi connectivity index (χ3v) is 3.22. The molecule has 0 amide bonds. The molecule has 1 saturated heterocycles. The van der Waals surface area contributed by atoms with E-state index >= 15 is 0 Å². The first-order valence-corrected chi connectivity index (χ1v) is 6.77. The molecular weight excluding hydrogens is 260 g/mol. The van der Waals surface area contributed by atoms with E-state index in [0.29, 0.717) is 31.2 Å². The van der Waals surface area contributed by atoms with E-state index in [2.05, 4.69) is 15.4 Å². The Kier molecular flexibility index (Phi) is 4.10. The largest absolute Gasteiger partial charge is 0.461 e. The number of hydrogen-bond donors (Lipinski definition) is 2. The molecule has 1 aliphatic rings. The van der Waals surface area contributed by atoms with E-state index in [9.17, 15) is 0 Å². The van der Waals surface area contributed by atoms with Gasteiger partial charge in [-0.2, -0.15) is 0 Å². The van der Waals surface area contributed by atoms with Crippen molar-refractivity contribution in [3.63, 3.8) is 0 Å². The van der Waals surface area contributed by atoms with Crippen molar-refractivity contribution in [3.8, 4) is 11.6 Å². The predicted molar refractivity (Wildman–Crippen MR) is 71.1 cm³/mol. The third-order valence-electron chi connectivity index (χ3n) is 3.22. The van der Waals surface area contributed by atoms with Crippen LogP contribution in [0, 0.1) is 0 Å². The van der Waals surface area contributed by atoms with Crippen LogP contribution in [-0.4, -0.2) is 52.3 Å². The summed E-state index contributed by atoms with van der Waals surface area (Å²) in [5.41, 5.74) is 0. The smallest absolute Gasteiger partial charge is 0.217 e. The molecule has 2 N–H and O–H groups in total. The van der Waals surface area contributed by atoms with Crippen LogP contribution in [0.2, 0.25) is 0 Å². The molecule has 20 heavy (non-hydrogen) atoms. The minimum absolute atomic E-state index is 0.0255. The van der Waals surface area contributed by atoms with E-state index in [4.69, 9.17) is 14.3 Å². The summed E-state index contributed by atoms with van der Waals surface area (Å²) in [7, 11) is 0. The van der Waals surface area contributed by atoms with Gasteiger partial charge < -0.3 is 19.6 Å². The summed E-state index contributed by atoms with van der Waals surface area (Å²) < 4.78 is 12.7. The molecule has 1 aliphatic heterocycles. The van der Waals surface area contributed by atoms with E-state index in [0.717, 1.165) is 18.9 Å². The molecule has 1 fully saturated rings. The van der Waals surface area contributed by atoms with Gasteiger partial charge in [-0.05, 0) is 12.1 Å². The highest BCUT2D eigenvalue weighted by Crippen LogP contribution is 2.17. The van der Waals surface area contributed by atoms with Crippen molar-refractivity contribution in [2.45, 2.75) is 19.1 Å². The topological polar surface area (TPSA) is 85.3 Å². The highest BCUT2D eigenvalue weighted by Gasteiger charge is 2.19. The van der Waals surface area contributed by atoms with Gasteiger partial charge in [-0.3, -0.25) is 0 Å². The quantitative estimate of drug-likeness (QED) is 0.804. The van der Waals surface area contributed by atoms with Crippen LogP contribution in [0.15, 0.2) is 22.8 Å². The number of nitrogens with zero attached hydrogens (tertiary/aromatic N) is 3. The molecular formula is C13H18N4O3. The highest BCUT2D eigenvalue weighted by molar-refractivity contribution is 5.45. The minimum Gasteiger partial charge on any atom is -0.461 e. The number of aliphatic hydroxyl groups is 1. The lowest BCUT2D eigenvalue weighted by molar-refractivity contribution is 0.0272. The summed E-state index contributed by atoms with van der Waals surface area (Å²) >= 11 is 0. The van der Waals surface area contributed by atoms with E-state index in [-0.39, 0.29) is 12.7 Å². The Morgan fingerprint density at radius 1 is 1.50 bits per heavy atom. The lowest BCUT2D eigenvalue weighted by Crippen LogP contribution is -2.40. The van der Waals surface area contributed by atoms with Crippen LogP contribution in [0.4, 0.5) is 0 Å². The van der Waals surface area contributed by atoms with Crippen molar-refractivity contribution in [1.29, 1.82) is 0 Å². The van der Waals surface area contributed by atoms with Crippen molar-refractivity contribution >= 4 is 0 Å². The fraction of sp³-hybridized carbons (Fsp3) is 0.538. The highest BCUT2D eigenvalue weighted by atomic mass is 16.5. The second-order valence-electron chi connectivity index (χ2n) is 4.68. The van der Waals surface area contributed by atoms with Crippen molar-refractivity contribution in [3.05, 3.63) is 24.2 Å². The third kappa shape index (κ3) is 2.90. The van der Waals surface area contributed by atoms with Gasteiger partial charge in [-0.1, -0.05) is 0 Å². The van der Waals surface area contributed by atoms with Gasteiger partial charge in [-0.25, -0.2) is 9.67 Å². The van der Waals surface area contributed by atoms with E-state index in [1.54, 1.807) is 17.0 Å². The van der Waals surface area contributed by atoms with E-state index in [1.165, 1.54) is 0 Å². The SMILES string of the molecule is OCCn1nc(-c2ccco2)nc1C[C@H]1CNCCO1. The van der Waals surface area contributed by atoms with Crippen LogP contribution in [0.5, 0.6) is 0 Å². The Balaban J connectivity index is 1.80. The minimum atomic E-state index is 0.0255. The first kappa shape index (κ1) is 13.3. The van der Waals surface area contributed by atoms with Crippen molar-refractivity contribution in [2.24, 2.45) is 0 Å². The maximum Gasteiger partial charge on any atom is 0.217 e. The maximum atomic E-state index is 9.13. The second-order valence-corrected chi connectivity index (χ2v) is 4.68. The molecule has 7 nitrogen and oxygen atoms in total. The van der Waals surface area contributed by atoms with Gasteiger partial charge in [0.1, 0.15) is 5.82 Å².